The number of nitrogens with zero attached hydrogens (tertiary/aromatic N) is 1. The van der Waals surface area contributed by atoms with Crippen molar-refractivity contribution >= 4 is 34.1 Å². The summed E-state index contributed by atoms with van der Waals surface area (Å²) in [5.41, 5.74) is 0.705. The third-order valence-electron chi connectivity index (χ3n) is 2.96. The molecule has 0 amide bonds. The van der Waals surface area contributed by atoms with Crippen LogP contribution in [-0.4, -0.2) is 30.1 Å². The molecule has 0 saturated heterocycles. The fraction of sp³-hybridized carbons (Fsp3) is 0.143. The molecule has 3 N–H and O–H groups in total. The Hall–Kier alpha value is -1.99. The van der Waals surface area contributed by atoms with Crippen LogP contribution in [0.4, 0.5) is 0 Å². The number of carbonyl (C=O) groups is 1. The minimum Gasteiger partial charge on any atom is -0.494 e. The largest absolute Gasteiger partial charge is 0.494 e. The third-order valence-corrected chi connectivity index (χ3v) is 4.63. The van der Waals surface area contributed by atoms with Gasteiger partial charge in [0.1, 0.15) is 0 Å². The fourth-order valence-corrected chi connectivity index (χ4v) is 3.45. The van der Waals surface area contributed by atoms with E-state index >= 15 is 0 Å². The Morgan fingerprint density at radius 2 is 1.67 bits per heavy atom. The second kappa shape index (κ2) is 5.79. The van der Waals surface area contributed by atoms with Gasteiger partial charge in [-0.1, -0.05) is 54.3 Å². The van der Waals surface area contributed by atoms with Gasteiger partial charge in [0.2, 0.25) is 0 Å². The molecule has 2 aromatic rings. The topological polar surface area (TPSA) is 82.7 Å². The van der Waals surface area contributed by atoms with Crippen LogP contribution in [0, 0.1) is 0 Å². The molecular formula is C14H13NO4S2. The van der Waals surface area contributed by atoms with Crippen molar-refractivity contribution in [1.29, 1.82) is 0 Å². The summed E-state index contributed by atoms with van der Waals surface area (Å²) in [4.78, 5) is 10.0. The molecule has 1 aromatic heterocycles. The molecule has 7 heteroatoms. The van der Waals surface area contributed by atoms with Crippen LogP contribution in [0.25, 0.3) is 0 Å². The molecule has 5 nitrogen and oxygen atoms in total. The number of aromatic hydroxyl groups is 2. The van der Waals surface area contributed by atoms with Crippen LogP contribution in [0.15, 0.2) is 42.5 Å². The minimum absolute atomic E-state index is 0.347. The maximum atomic E-state index is 11.7. The first-order valence-corrected chi connectivity index (χ1v) is 7.20. The molecular weight excluding hydrogens is 310 g/mol. The number of hydrogen-bond donors (Lipinski definition) is 3. The van der Waals surface area contributed by atoms with E-state index in [2.05, 4.69) is 0 Å². The van der Waals surface area contributed by atoms with Crippen molar-refractivity contribution in [2.45, 2.75) is 11.8 Å². The molecule has 0 radical (unpaired) electrons. The van der Waals surface area contributed by atoms with Gasteiger partial charge < -0.3 is 15.3 Å². The van der Waals surface area contributed by atoms with E-state index in [0.717, 1.165) is 16.3 Å². The standard InChI is InChI=1S/C14H13NO4S2/c1-14(13(18)19,15-10(16)7-8-11(15)17)21-12(20)9-5-3-2-4-6-9/h2-8,16-17H,1H3,(H,18,19). The number of rotatable bonds is 4. The molecule has 1 unspecified atom stereocenters. The monoisotopic (exact) mass is 323 g/mol. The SMILES string of the molecule is CC(SC(=S)c1ccccc1)(C(=O)O)n1c(O)ccc1O. The predicted octanol–water partition coefficient (Wildman–Crippen LogP) is 2.77. The smallest absolute Gasteiger partial charge is 0.340 e. The maximum Gasteiger partial charge on any atom is 0.340 e. The zero-order chi connectivity index (χ0) is 15.6. The van der Waals surface area contributed by atoms with Crippen molar-refractivity contribution in [2.75, 3.05) is 0 Å². The highest BCUT2D eigenvalue weighted by molar-refractivity contribution is 8.24. The van der Waals surface area contributed by atoms with Crippen molar-refractivity contribution in [1.82, 2.24) is 4.57 Å². The Kier molecular flexibility index (Phi) is 4.24. The van der Waals surface area contributed by atoms with Crippen LogP contribution in [-0.2, 0) is 9.67 Å². The lowest BCUT2D eigenvalue weighted by Crippen LogP contribution is -2.36. The van der Waals surface area contributed by atoms with Crippen molar-refractivity contribution in [2.24, 2.45) is 0 Å². The Balaban J connectivity index is 2.41. The average molecular weight is 323 g/mol. The summed E-state index contributed by atoms with van der Waals surface area (Å²) in [6.45, 7) is 1.37. The molecule has 0 aliphatic heterocycles. The fourth-order valence-electron chi connectivity index (χ4n) is 1.85. The molecule has 0 bridgehead atoms. The molecule has 1 heterocycles. The lowest BCUT2D eigenvalue weighted by atomic mass is 10.2. The summed E-state index contributed by atoms with van der Waals surface area (Å²) in [7, 11) is 0. The van der Waals surface area contributed by atoms with E-state index in [1.807, 2.05) is 6.07 Å². The number of carboxylic acids is 1. The highest BCUT2D eigenvalue weighted by Crippen LogP contribution is 2.40. The highest BCUT2D eigenvalue weighted by atomic mass is 32.2. The van der Waals surface area contributed by atoms with Crippen LogP contribution in [0.2, 0.25) is 0 Å². The molecule has 0 saturated carbocycles. The van der Waals surface area contributed by atoms with Gasteiger partial charge in [0.25, 0.3) is 0 Å². The zero-order valence-electron chi connectivity index (χ0n) is 11.1. The highest BCUT2D eigenvalue weighted by Gasteiger charge is 2.41. The Morgan fingerprint density at radius 3 is 2.14 bits per heavy atom. The summed E-state index contributed by atoms with van der Waals surface area (Å²) < 4.78 is 1.28. The van der Waals surface area contributed by atoms with Crippen molar-refractivity contribution in [3.63, 3.8) is 0 Å². The first kappa shape index (κ1) is 15.4. The van der Waals surface area contributed by atoms with E-state index in [1.54, 1.807) is 24.3 Å². The number of aromatic nitrogens is 1. The Bertz CT molecular complexity index is 664. The molecule has 1 atom stereocenters. The summed E-state index contributed by atoms with van der Waals surface area (Å²) in [6.07, 6.45) is 0. The van der Waals surface area contributed by atoms with E-state index < -0.39 is 10.8 Å². The normalized spacial score (nSPS) is 13.6. The number of carboxylic acid groups (broad SMARTS) is 1. The number of thioether (sulfide) groups is 1. The van der Waals surface area contributed by atoms with Crippen molar-refractivity contribution in [3.05, 3.63) is 48.0 Å². The van der Waals surface area contributed by atoms with Gasteiger partial charge in [0.15, 0.2) is 16.6 Å². The van der Waals surface area contributed by atoms with Crippen LogP contribution in [0.1, 0.15) is 12.5 Å². The van der Waals surface area contributed by atoms with Gasteiger partial charge in [0, 0.05) is 12.1 Å². The molecule has 0 aliphatic rings. The van der Waals surface area contributed by atoms with Gasteiger partial charge in [-0.15, -0.1) is 0 Å². The van der Waals surface area contributed by atoms with Crippen molar-refractivity contribution in [3.8, 4) is 11.8 Å². The van der Waals surface area contributed by atoms with Crippen LogP contribution in [0.5, 0.6) is 11.8 Å². The molecule has 110 valence electrons. The van der Waals surface area contributed by atoms with Gasteiger partial charge >= 0.3 is 5.97 Å². The minimum atomic E-state index is -1.66. The quantitative estimate of drug-likeness (QED) is 0.751. The Labute approximate surface area is 130 Å². The van der Waals surface area contributed by atoms with Gasteiger partial charge in [0.05, 0.1) is 4.20 Å². The first-order chi connectivity index (χ1) is 9.86. The predicted molar refractivity (Wildman–Crippen MR) is 84.8 cm³/mol. The summed E-state index contributed by atoms with van der Waals surface area (Å²) in [5, 5.41) is 29.1. The second-order valence-electron chi connectivity index (χ2n) is 4.43. The third kappa shape index (κ3) is 2.88. The lowest BCUT2D eigenvalue weighted by molar-refractivity contribution is -0.142. The number of benzene rings is 1. The zero-order valence-corrected chi connectivity index (χ0v) is 12.7. The molecule has 0 spiro atoms. The average Bonchev–Trinajstić information content (AvgIpc) is 2.79. The number of hydrogen-bond acceptors (Lipinski definition) is 5. The van der Waals surface area contributed by atoms with Gasteiger partial charge in [-0.05, 0) is 12.5 Å². The van der Waals surface area contributed by atoms with Gasteiger partial charge in [-0.2, -0.15) is 0 Å². The van der Waals surface area contributed by atoms with Crippen molar-refractivity contribution < 1.29 is 20.1 Å². The van der Waals surface area contributed by atoms with Crippen LogP contribution >= 0.6 is 24.0 Å². The Morgan fingerprint density at radius 1 is 1.14 bits per heavy atom. The van der Waals surface area contributed by atoms with E-state index in [9.17, 15) is 20.1 Å². The van der Waals surface area contributed by atoms with E-state index in [0.29, 0.717) is 9.76 Å². The summed E-state index contributed by atoms with van der Waals surface area (Å²) >= 11 is 6.14. The molecule has 0 aliphatic carbocycles. The summed E-state index contributed by atoms with van der Waals surface area (Å²) in [5.74, 6) is -1.92. The first-order valence-electron chi connectivity index (χ1n) is 5.98. The number of thiocarbonyl (C=S) groups is 1. The molecule has 2 rings (SSSR count). The second-order valence-corrected chi connectivity index (χ2v) is 6.50. The molecule has 21 heavy (non-hydrogen) atoms. The van der Waals surface area contributed by atoms with E-state index in [4.69, 9.17) is 12.2 Å². The van der Waals surface area contributed by atoms with Crippen LogP contribution < -0.4 is 0 Å². The summed E-state index contributed by atoms with van der Waals surface area (Å²) in [6, 6.07) is 11.4. The number of aliphatic carboxylic acids is 1. The molecule has 0 fully saturated rings. The van der Waals surface area contributed by atoms with E-state index in [-0.39, 0.29) is 11.8 Å². The van der Waals surface area contributed by atoms with Gasteiger partial charge in [-0.3, -0.25) is 4.57 Å². The van der Waals surface area contributed by atoms with Gasteiger partial charge in [-0.25, -0.2) is 4.79 Å². The van der Waals surface area contributed by atoms with Crippen LogP contribution in [0.3, 0.4) is 0 Å². The van der Waals surface area contributed by atoms with E-state index in [1.165, 1.54) is 19.1 Å². The maximum absolute atomic E-state index is 11.7. The molecule has 1 aromatic carbocycles. The lowest BCUT2D eigenvalue weighted by Gasteiger charge is -2.27.